The molecular weight excluding hydrogens is 264 g/mol. The fourth-order valence-corrected chi connectivity index (χ4v) is 2.00. The van der Waals surface area contributed by atoms with Crippen molar-refractivity contribution in [2.75, 3.05) is 6.54 Å². The molecule has 1 aromatic carbocycles. The Bertz CT molecular complexity index is 549. The molecule has 2 rings (SSSR count). The first-order valence-electron chi connectivity index (χ1n) is 6.39. The molecule has 0 saturated heterocycles. The van der Waals surface area contributed by atoms with Crippen LogP contribution < -0.4 is 0 Å². The summed E-state index contributed by atoms with van der Waals surface area (Å²) in [4.78, 5) is 13.2. The smallest absolute Gasteiger partial charge is 0.414 e. The van der Waals surface area contributed by atoms with Gasteiger partial charge in [0.25, 0.3) is 0 Å². The number of nitrogens with zero attached hydrogens (tertiary/aromatic N) is 1. The molecule has 1 heterocycles. The van der Waals surface area contributed by atoms with Crippen molar-refractivity contribution < 1.29 is 18.3 Å². The van der Waals surface area contributed by atoms with Crippen LogP contribution in [-0.2, 0) is 4.74 Å². The minimum absolute atomic E-state index is 0.243. The van der Waals surface area contributed by atoms with Crippen LogP contribution in [0.4, 0.5) is 13.6 Å². The molecule has 3 nitrogen and oxygen atoms in total. The van der Waals surface area contributed by atoms with E-state index >= 15 is 0 Å². The lowest BCUT2D eigenvalue weighted by Gasteiger charge is -2.24. The molecule has 20 heavy (non-hydrogen) atoms. The van der Waals surface area contributed by atoms with Crippen LogP contribution in [0.15, 0.2) is 30.5 Å². The molecule has 0 saturated carbocycles. The standard InChI is InChI=1S/C15H17F2NO2/c1-15(2,3)20-14(19)18-7-6-10(9-18)12-8-11(16)4-5-13(12)17/h4-8,10H,9H2,1-3H3. The number of hydrogen-bond acceptors (Lipinski definition) is 2. The van der Waals surface area contributed by atoms with Gasteiger partial charge >= 0.3 is 6.09 Å². The van der Waals surface area contributed by atoms with E-state index in [4.69, 9.17) is 4.74 Å². The minimum Gasteiger partial charge on any atom is -0.443 e. The van der Waals surface area contributed by atoms with Crippen molar-refractivity contribution in [3.63, 3.8) is 0 Å². The van der Waals surface area contributed by atoms with Crippen LogP contribution in [0, 0.1) is 11.6 Å². The zero-order valence-electron chi connectivity index (χ0n) is 11.7. The summed E-state index contributed by atoms with van der Waals surface area (Å²) in [6, 6.07) is 3.32. The highest BCUT2D eigenvalue weighted by atomic mass is 19.1. The Kier molecular flexibility index (Phi) is 3.79. The molecule has 0 spiro atoms. The molecule has 0 aliphatic carbocycles. The maximum atomic E-state index is 13.7. The number of amides is 1. The molecule has 1 amide bonds. The highest BCUT2D eigenvalue weighted by Gasteiger charge is 2.28. The number of carbonyl (C=O) groups excluding carboxylic acids is 1. The van der Waals surface area contributed by atoms with Gasteiger partial charge in [0.05, 0.1) is 0 Å². The molecule has 0 bridgehead atoms. The van der Waals surface area contributed by atoms with Crippen LogP contribution in [0.25, 0.3) is 0 Å². The molecule has 0 aromatic heterocycles. The summed E-state index contributed by atoms with van der Waals surface area (Å²) in [5, 5.41) is 0. The summed E-state index contributed by atoms with van der Waals surface area (Å²) in [6.07, 6.45) is 2.72. The maximum Gasteiger partial charge on any atom is 0.414 e. The van der Waals surface area contributed by atoms with E-state index in [1.54, 1.807) is 33.0 Å². The Morgan fingerprint density at radius 1 is 1.35 bits per heavy atom. The van der Waals surface area contributed by atoms with Crippen molar-refractivity contribution in [3.05, 3.63) is 47.7 Å². The van der Waals surface area contributed by atoms with Gasteiger partial charge in [-0.1, -0.05) is 6.08 Å². The first-order chi connectivity index (χ1) is 9.26. The van der Waals surface area contributed by atoms with E-state index in [-0.39, 0.29) is 18.0 Å². The van der Waals surface area contributed by atoms with Gasteiger partial charge in [-0.15, -0.1) is 0 Å². The summed E-state index contributed by atoms with van der Waals surface area (Å²) in [7, 11) is 0. The van der Waals surface area contributed by atoms with Gasteiger partial charge in [0.15, 0.2) is 0 Å². The van der Waals surface area contributed by atoms with Gasteiger partial charge in [0.1, 0.15) is 17.2 Å². The molecule has 0 N–H and O–H groups in total. The summed E-state index contributed by atoms with van der Waals surface area (Å²) in [5.74, 6) is -1.34. The normalized spacial score (nSPS) is 18.4. The first kappa shape index (κ1) is 14.5. The van der Waals surface area contributed by atoms with Crippen molar-refractivity contribution in [2.24, 2.45) is 0 Å². The van der Waals surface area contributed by atoms with Crippen molar-refractivity contribution in [3.8, 4) is 0 Å². The lowest BCUT2D eigenvalue weighted by molar-refractivity contribution is 0.0345. The molecule has 1 aliphatic heterocycles. The molecule has 1 unspecified atom stereocenters. The number of ether oxygens (including phenoxy) is 1. The molecule has 1 aromatic rings. The largest absolute Gasteiger partial charge is 0.443 e. The van der Waals surface area contributed by atoms with Gasteiger partial charge in [-0.2, -0.15) is 0 Å². The zero-order valence-corrected chi connectivity index (χ0v) is 11.7. The second-order valence-corrected chi connectivity index (χ2v) is 5.75. The number of rotatable bonds is 1. The Balaban J connectivity index is 2.08. The molecular formula is C15H17F2NO2. The molecule has 108 valence electrons. The SMILES string of the molecule is CC(C)(C)OC(=O)N1C=CC(c2cc(F)ccc2F)C1. The molecule has 0 radical (unpaired) electrons. The fraction of sp³-hybridized carbons (Fsp3) is 0.400. The number of benzene rings is 1. The third-order valence-electron chi connectivity index (χ3n) is 2.88. The van der Waals surface area contributed by atoms with Crippen LogP contribution in [-0.4, -0.2) is 23.1 Å². The second kappa shape index (κ2) is 5.23. The van der Waals surface area contributed by atoms with E-state index in [9.17, 15) is 13.6 Å². The molecule has 1 aliphatic rings. The maximum absolute atomic E-state index is 13.7. The van der Waals surface area contributed by atoms with Gasteiger partial charge in [0.2, 0.25) is 0 Å². The van der Waals surface area contributed by atoms with Crippen molar-refractivity contribution in [2.45, 2.75) is 32.3 Å². The highest BCUT2D eigenvalue weighted by Crippen LogP contribution is 2.28. The summed E-state index contributed by atoms with van der Waals surface area (Å²) in [6.45, 7) is 5.56. The Labute approximate surface area is 116 Å². The lowest BCUT2D eigenvalue weighted by atomic mass is 10.00. The van der Waals surface area contributed by atoms with E-state index in [1.165, 1.54) is 4.90 Å². The number of hydrogen-bond donors (Lipinski definition) is 0. The van der Waals surface area contributed by atoms with E-state index in [0.29, 0.717) is 0 Å². The molecule has 0 fully saturated rings. The third kappa shape index (κ3) is 3.35. The van der Waals surface area contributed by atoms with Crippen LogP contribution in [0.1, 0.15) is 32.3 Å². The Morgan fingerprint density at radius 3 is 2.70 bits per heavy atom. The first-order valence-corrected chi connectivity index (χ1v) is 6.39. The predicted molar refractivity (Wildman–Crippen MR) is 71.2 cm³/mol. The molecule has 1 atom stereocenters. The Hall–Kier alpha value is -1.91. The van der Waals surface area contributed by atoms with Crippen LogP contribution in [0.2, 0.25) is 0 Å². The summed E-state index contributed by atoms with van der Waals surface area (Å²) >= 11 is 0. The van der Waals surface area contributed by atoms with Crippen molar-refractivity contribution >= 4 is 6.09 Å². The highest BCUT2D eigenvalue weighted by molar-refractivity contribution is 5.70. The lowest BCUT2D eigenvalue weighted by Crippen LogP contribution is -2.33. The van der Waals surface area contributed by atoms with Crippen LogP contribution >= 0.6 is 0 Å². The quantitative estimate of drug-likeness (QED) is 0.783. The van der Waals surface area contributed by atoms with E-state index in [2.05, 4.69) is 0 Å². The average molecular weight is 281 g/mol. The topological polar surface area (TPSA) is 29.5 Å². The van der Waals surface area contributed by atoms with Gasteiger partial charge in [-0.25, -0.2) is 13.6 Å². The number of halogens is 2. The third-order valence-corrected chi connectivity index (χ3v) is 2.88. The van der Waals surface area contributed by atoms with E-state index in [0.717, 1.165) is 18.2 Å². The van der Waals surface area contributed by atoms with Crippen LogP contribution in [0.3, 0.4) is 0 Å². The monoisotopic (exact) mass is 281 g/mol. The van der Waals surface area contributed by atoms with Gasteiger partial charge in [-0.05, 0) is 44.5 Å². The van der Waals surface area contributed by atoms with Crippen molar-refractivity contribution in [1.29, 1.82) is 0 Å². The number of carbonyl (C=O) groups is 1. The van der Waals surface area contributed by atoms with Gasteiger partial charge in [-0.3, -0.25) is 4.90 Å². The van der Waals surface area contributed by atoms with E-state index < -0.39 is 23.3 Å². The molecule has 5 heteroatoms. The minimum atomic E-state index is -0.590. The van der Waals surface area contributed by atoms with Crippen LogP contribution in [0.5, 0.6) is 0 Å². The fourth-order valence-electron chi connectivity index (χ4n) is 2.00. The van der Waals surface area contributed by atoms with E-state index in [1.807, 2.05) is 0 Å². The second-order valence-electron chi connectivity index (χ2n) is 5.75. The Morgan fingerprint density at radius 2 is 2.05 bits per heavy atom. The van der Waals surface area contributed by atoms with Gasteiger partial charge in [0, 0.05) is 18.7 Å². The summed E-state index contributed by atoms with van der Waals surface area (Å²) in [5.41, 5.74) is -0.347. The van der Waals surface area contributed by atoms with Crippen molar-refractivity contribution in [1.82, 2.24) is 4.90 Å². The zero-order chi connectivity index (χ0) is 14.9. The average Bonchev–Trinajstić information content (AvgIpc) is 2.79. The van der Waals surface area contributed by atoms with Gasteiger partial charge < -0.3 is 4.74 Å². The predicted octanol–water partition coefficient (Wildman–Crippen LogP) is 3.81. The summed E-state index contributed by atoms with van der Waals surface area (Å²) < 4.78 is 32.1.